The second kappa shape index (κ2) is 6.24. The van der Waals surface area contributed by atoms with Crippen molar-refractivity contribution in [2.45, 2.75) is 39.8 Å². The van der Waals surface area contributed by atoms with Gasteiger partial charge in [0.1, 0.15) is 5.75 Å². The Morgan fingerprint density at radius 2 is 1.28 bits per heavy atom. The highest BCUT2D eigenvalue weighted by atomic mass is 16.3. The molecule has 5 heteroatoms. The van der Waals surface area contributed by atoms with Gasteiger partial charge in [0.25, 0.3) is 0 Å². The molecule has 2 aromatic rings. The fraction of sp³-hybridized carbons (Fsp3) is 0.300. The number of fused-ring (bicyclic) bond motifs is 2. The van der Waals surface area contributed by atoms with E-state index in [9.17, 15) is 14.7 Å². The molecule has 0 aliphatic heterocycles. The molecule has 1 aliphatic rings. The number of carbonyl (C=O) groups excluding carboxylic acids is 2. The molecule has 0 fully saturated rings. The van der Waals surface area contributed by atoms with Gasteiger partial charge in [0.05, 0.1) is 16.7 Å². The lowest BCUT2D eigenvalue weighted by molar-refractivity contribution is 0.0977. The average Bonchev–Trinajstić information content (AvgIpc) is 2.52. The molecule has 0 bridgehead atoms. The third-order valence-corrected chi connectivity index (χ3v) is 4.06. The smallest absolute Gasteiger partial charge is 0.200 e. The molecule has 25 heavy (non-hydrogen) atoms. The van der Waals surface area contributed by atoms with E-state index in [0.29, 0.717) is 22.5 Å². The minimum Gasteiger partial charge on any atom is -0.507 e. The van der Waals surface area contributed by atoms with Crippen molar-refractivity contribution in [1.29, 1.82) is 0 Å². The molecule has 0 radical (unpaired) electrons. The highest BCUT2D eigenvalue weighted by molar-refractivity contribution is 6.32. The summed E-state index contributed by atoms with van der Waals surface area (Å²) in [6, 6.07) is 8.43. The van der Waals surface area contributed by atoms with Crippen molar-refractivity contribution in [1.82, 2.24) is 0 Å². The number of hydrogen-bond acceptors (Lipinski definition) is 5. The monoisotopic (exact) mass is 338 g/mol. The second-order valence-electron chi connectivity index (χ2n) is 6.87. The minimum absolute atomic E-state index is 0.0773. The highest BCUT2D eigenvalue weighted by Crippen LogP contribution is 2.39. The van der Waals surface area contributed by atoms with Gasteiger partial charge in [-0.05, 0) is 45.9 Å². The fourth-order valence-corrected chi connectivity index (χ4v) is 3.16. The van der Waals surface area contributed by atoms with E-state index in [1.807, 2.05) is 33.8 Å². The number of benzene rings is 2. The molecule has 0 saturated carbocycles. The molecule has 3 N–H and O–H groups in total. The predicted octanol–water partition coefficient (Wildman–Crippen LogP) is 3.81. The number of aromatic hydroxyl groups is 1. The summed E-state index contributed by atoms with van der Waals surface area (Å²) < 4.78 is 0. The van der Waals surface area contributed by atoms with Crippen molar-refractivity contribution in [2.24, 2.45) is 0 Å². The van der Waals surface area contributed by atoms with Gasteiger partial charge in [-0.25, -0.2) is 0 Å². The summed E-state index contributed by atoms with van der Waals surface area (Å²) in [6.07, 6.45) is 0. The number of nitrogens with one attached hydrogen (secondary N) is 2. The standard InChI is InChI=1S/C20H22N2O3/c1-10(2)21-13-8-9-14(22-11(3)4)18-17(13)19(24)12-6-5-7-15(23)16(12)20(18)25/h5-11,21-23H,1-4H3. The number of hydrogen-bond donors (Lipinski definition) is 3. The van der Waals surface area contributed by atoms with Crippen LogP contribution in [0.15, 0.2) is 30.3 Å². The van der Waals surface area contributed by atoms with Gasteiger partial charge in [0.15, 0.2) is 11.6 Å². The first-order valence-electron chi connectivity index (χ1n) is 8.42. The molecule has 130 valence electrons. The topological polar surface area (TPSA) is 78.4 Å². The molecule has 0 saturated heterocycles. The summed E-state index contributed by atoms with van der Waals surface area (Å²) in [5.41, 5.74) is 2.23. The number of carbonyl (C=O) groups is 2. The van der Waals surface area contributed by atoms with E-state index in [1.54, 1.807) is 18.2 Å². The lowest BCUT2D eigenvalue weighted by Crippen LogP contribution is -2.26. The summed E-state index contributed by atoms with van der Waals surface area (Å²) in [4.78, 5) is 26.2. The molecular formula is C20H22N2O3. The largest absolute Gasteiger partial charge is 0.507 e. The Hall–Kier alpha value is -2.82. The predicted molar refractivity (Wildman–Crippen MR) is 98.9 cm³/mol. The van der Waals surface area contributed by atoms with Gasteiger partial charge in [-0.15, -0.1) is 0 Å². The van der Waals surface area contributed by atoms with Crippen molar-refractivity contribution in [3.05, 3.63) is 52.6 Å². The third-order valence-electron chi connectivity index (χ3n) is 4.06. The van der Waals surface area contributed by atoms with Gasteiger partial charge in [0, 0.05) is 29.0 Å². The molecule has 0 atom stereocenters. The van der Waals surface area contributed by atoms with Gasteiger partial charge < -0.3 is 15.7 Å². The molecule has 5 nitrogen and oxygen atoms in total. The van der Waals surface area contributed by atoms with Crippen LogP contribution in [0.5, 0.6) is 5.75 Å². The van der Waals surface area contributed by atoms with Crippen molar-refractivity contribution in [3.8, 4) is 5.75 Å². The molecule has 2 aromatic carbocycles. The lowest BCUT2D eigenvalue weighted by Gasteiger charge is -2.25. The molecule has 3 rings (SSSR count). The van der Waals surface area contributed by atoms with Gasteiger partial charge in [-0.2, -0.15) is 0 Å². The molecular weight excluding hydrogens is 316 g/mol. The van der Waals surface area contributed by atoms with Crippen molar-refractivity contribution < 1.29 is 14.7 Å². The fourth-order valence-electron chi connectivity index (χ4n) is 3.16. The molecule has 0 unspecified atom stereocenters. The van der Waals surface area contributed by atoms with Crippen LogP contribution in [0.4, 0.5) is 11.4 Å². The normalized spacial score (nSPS) is 13.0. The zero-order valence-corrected chi connectivity index (χ0v) is 14.8. The van der Waals surface area contributed by atoms with Crippen molar-refractivity contribution in [2.75, 3.05) is 10.6 Å². The van der Waals surface area contributed by atoms with E-state index in [0.717, 1.165) is 0 Å². The zero-order chi connectivity index (χ0) is 18.3. The lowest BCUT2D eigenvalue weighted by atomic mass is 9.81. The van der Waals surface area contributed by atoms with Crippen LogP contribution in [0, 0.1) is 0 Å². The summed E-state index contributed by atoms with van der Waals surface area (Å²) >= 11 is 0. The number of anilines is 2. The Kier molecular flexibility index (Phi) is 4.25. The summed E-state index contributed by atoms with van der Waals surface area (Å²) in [6.45, 7) is 7.88. The number of phenolic OH excluding ortho intramolecular Hbond substituents is 1. The highest BCUT2D eigenvalue weighted by Gasteiger charge is 2.36. The van der Waals surface area contributed by atoms with E-state index in [1.165, 1.54) is 6.07 Å². The summed E-state index contributed by atoms with van der Waals surface area (Å²) in [7, 11) is 0. The van der Waals surface area contributed by atoms with Crippen LogP contribution in [0.2, 0.25) is 0 Å². The molecule has 0 spiro atoms. The maximum absolute atomic E-state index is 13.1. The quantitative estimate of drug-likeness (QED) is 0.674. The van der Waals surface area contributed by atoms with E-state index in [2.05, 4.69) is 10.6 Å². The van der Waals surface area contributed by atoms with Gasteiger partial charge >= 0.3 is 0 Å². The van der Waals surface area contributed by atoms with Crippen molar-refractivity contribution >= 4 is 22.9 Å². The van der Waals surface area contributed by atoms with E-state index < -0.39 is 0 Å². The van der Waals surface area contributed by atoms with Gasteiger partial charge in [0.2, 0.25) is 0 Å². The van der Waals surface area contributed by atoms with E-state index in [4.69, 9.17) is 0 Å². The maximum atomic E-state index is 13.1. The Morgan fingerprint density at radius 1 is 0.760 bits per heavy atom. The third kappa shape index (κ3) is 2.86. The summed E-state index contributed by atoms with van der Waals surface area (Å²) in [5.74, 6) is -0.756. The molecule has 0 heterocycles. The van der Waals surface area contributed by atoms with Crippen LogP contribution in [0.25, 0.3) is 0 Å². The molecule has 0 aromatic heterocycles. The average molecular weight is 338 g/mol. The van der Waals surface area contributed by atoms with Crippen molar-refractivity contribution in [3.63, 3.8) is 0 Å². The van der Waals surface area contributed by atoms with Crippen LogP contribution in [-0.4, -0.2) is 28.8 Å². The summed E-state index contributed by atoms with van der Waals surface area (Å²) in [5, 5.41) is 16.6. The minimum atomic E-state index is -0.335. The number of rotatable bonds is 4. The van der Waals surface area contributed by atoms with Crippen LogP contribution in [0.3, 0.4) is 0 Å². The SMILES string of the molecule is CC(C)Nc1ccc(NC(C)C)c2c1C(=O)c1cccc(O)c1C2=O. The molecule has 1 aliphatic carbocycles. The zero-order valence-electron chi connectivity index (χ0n) is 14.8. The second-order valence-corrected chi connectivity index (χ2v) is 6.87. The first-order valence-corrected chi connectivity index (χ1v) is 8.42. The first-order chi connectivity index (χ1) is 11.8. The number of ketones is 2. The molecule has 0 amide bonds. The maximum Gasteiger partial charge on any atom is 0.200 e. The Balaban J connectivity index is 2.29. The number of phenols is 1. The Bertz CT molecular complexity index is 869. The van der Waals surface area contributed by atoms with E-state index >= 15 is 0 Å². The van der Waals surface area contributed by atoms with Crippen LogP contribution < -0.4 is 10.6 Å². The van der Waals surface area contributed by atoms with Crippen LogP contribution in [0.1, 0.15) is 59.5 Å². The Labute approximate surface area is 147 Å². The Morgan fingerprint density at radius 3 is 1.80 bits per heavy atom. The van der Waals surface area contributed by atoms with Gasteiger partial charge in [-0.1, -0.05) is 12.1 Å². The van der Waals surface area contributed by atoms with Crippen LogP contribution >= 0.6 is 0 Å². The first kappa shape index (κ1) is 17.0. The van der Waals surface area contributed by atoms with E-state index in [-0.39, 0.29) is 40.5 Å². The van der Waals surface area contributed by atoms with Crippen LogP contribution in [-0.2, 0) is 0 Å². The van der Waals surface area contributed by atoms with Gasteiger partial charge in [-0.3, -0.25) is 9.59 Å².